The maximum atomic E-state index is 12.7. The fraction of sp³-hybridized carbons (Fsp3) is 0.231. The first-order chi connectivity index (χ1) is 15.5. The van der Waals surface area contributed by atoms with E-state index in [0.29, 0.717) is 17.7 Å². The number of alkyl halides is 3. The van der Waals surface area contributed by atoms with Crippen LogP contribution in [0.5, 0.6) is 0 Å². The minimum absolute atomic E-state index is 0.0410. The Bertz CT molecular complexity index is 1210. The maximum Gasteiger partial charge on any atom is 0.416 e. The van der Waals surface area contributed by atoms with Crippen LogP contribution in [-0.2, 0) is 29.4 Å². The van der Waals surface area contributed by atoms with E-state index < -0.39 is 17.3 Å². The van der Waals surface area contributed by atoms with Crippen LogP contribution in [0.4, 0.5) is 13.2 Å². The molecule has 0 saturated carbocycles. The SMILES string of the molecule is CC(C)(O)c1ccc(-c2ccnc3c2C(NC(=O)Cc2ccc(C(F)(F)F)cc2)=CC3)cc1. The number of carbonyl (C=O) groups excluding carboxylic acids is 1. The number of pyridine rings is 1. The second-order valence-electron chi connectivity index (χ2n) is 8.56. The second-order valence-corrected chi connectivity index (χ2v) is 8.56. The molecule has 170 valence electrons. The van der Waals surface area contributed by atoms with Crippen molar-refractivity contribution in [1.29, 1.82) is 0 Å². The molecule has 1 amide bonds. The molecule has 2 N–H and O–H groups in total. The van der Waals surface area contributed by atoms with Gasteiger partial charge in [0.05, 0.1) is 23.3 Å². The van der Waals surface area contributed by atoms with Crippen molar-refractivity contribution in [3.05, 3.63) is 94.8 Å². The number of allylic oxidation sites excluding steroid dienone is 1. The molecule has 0 unspecified atom stereocenters. The van der Waals surface area contributed by atoms with Crippen molar-refractivity contribution < 1.29 is 23.1 Å². The normalized spacial score (nSPS) is 13.5. The van der Waals surface area contributed by atoms with E-state index in [1.165, 1.54) is 12.1 Å². The lowest BCUT2D eigenvalue weighted by Crippen LogP contribution is -2.23. The smallest absolute Gasteiger partial charge is 0.386 e. The lowest BCUT2D eigenvalue weighted by atomic mass is 9.93. The number of halogens is 3. The van der Waals surface area contributed by atoms with E-state index in [2.05, 4.69) is 10.3 Å². The summed E-state index contributed by atoms with van der Waals surface area (Å²) in [5.74, 6) is -0.318. The summed E-state index contributed by atoms with van der Waals surface area (Å²) >= 11 is 0. The van der Waals surface area contributed by atoms with Crippen LogP contribution in [0.2, 0.25) is 0 Å². The molecule has 1 aliphatic rings. The summed E-state index contributed by atoms with van der Waals surface area (Å²) in [4.78, 5) is 17.1. The Kier molecular flexibility index (Phi) is 5.84. The molecule has 0 fully saturated rings. The van der Waals surface area contributed by atoms with Gasteiger partial charge in [0, 0.05) is 23.9 Å². The van der Waals surface area contributed by atoms with Gasteiger partial charge in [-0.1, -0.05) is 42.5 Å². The third-order valence-electron chi connectivity index (χ3n) is 5.62. The monoisotopic (exact) mass is 452 g/mol. The van der Waals surface area contributed by atoms with E-state index in [4.69, 9.17) is 0 Å². The van der Waals surface area contributed by atoms with E-state index in [9.17, 15) is 23.1 Å². The van der Waals surface area contributed by atoms with Crippen molar-refractivity contribution in [1.82, 2.24) is 10.3 Å². The summed E-state index contributed by atoms with van der Waals surface area (Å²) in [6.45, 7) is 3.44. The fourth-order valence-electron chi connectivity index (χ4n) is 3.86. The van der Waals surface area contributed by atoms with Crippen LogP contribution in [0, 0.1) is 0 Å². The Morgan fingerprint density at radius 1 is 1.00 bits per heavy atom. The Morgan fingerprint density at radius 2 is 1.64 bits per heavy atom. The molecule has 4 rings (SSSR count). The zero-order valence-corrected chi connectivity index (χ0v) is 18.2. The quantitative estimate of drug-likeness (QED) is 0.556. The summed E-state index contributed by atoms with van der Waals surface area (Å²) in [7, 11) is 0. The summed E-state index contributed by atoms with van der Waals surface area (Å²) < 4.78 is 38.2. The Labute approximate surface area is 189 Å². The molecule has 0 aliphatic heterocycles. The zero-order valence-electron chi connectivity index (χ0n) is 18.2. The Hall–Kier alpha value is -3.45. The molecule has 0 spiro atoms. The lowest BCUT2D eigenvalue weighted by Gasteiger charge is -2.19. The molecule has 3 aromatic rings. The van der Waals surface area contributed by atoms with Crippen LogP contribution in [0.25, 0.3) is 16.8 Å². The molecular weight excluding hydrogens is 429 g/mol. The molecule has 1 aliphatic carbocycles. The van der Waals surface area contributed by atoms with Crippen molar-refractivity contribution in [2.75, 3.05) is 0 Å². The predicted octanol–water partition coefficient (Wildman–Crippen LogP) is 5.25. The number of fused-ring (bicyclic) bond motifs is 1. The first-order valence-electron chi connectivity index (χ1n) is 10.5. The largest absolute Gasteiger partial charge is 0.416 e. The average molecular weight is 452 g/mol. The Balaban J connectivity index is 1.53. The van der Waals surface area contributed by atoms with Crippen molar-refractivity contribution in [2.45, 2.75) is 38.5 Å². The molecule has 4 nitrogen and oxygen atoms in total. The number of rotatable bonds is 5. The fourth-order valence-corrected chi connectivity index (χ4v) is 3.86. The molecule has 7 heteroatoms. The van der Waals surface area contributed by atoms with E-state index >= 15 is 0 Å². The minimum Gasteiger partial charge on any atom is -0.386 e. The average Bonchev–Trinajstić information content (AvgIpc) is 3.16. The summed E-state index contributed by atoms with van der Waals surface area (Å²) in [6, 6.07) is 14.0. The van der Waals surface area contributed by atoms with Gasteiger partial charge < -0.3 is 10.4 Å². The first-order valence-corrected chi connectivity index (χ1v) is 10.5. The van der Waals surface area contributed by atoms with Gasteiger partial charge in [-0.3, -0.25) is 9.78 Å². The van der Waals surface area contributed by atoms with Gasteiger partial charge in [-0.05, 0) is 54.3 Å². The second kappa shape index (κ2) is 8.48. The topological polar surface area (TPSA) is 62.2 Å². The number of nitrogens with zero attached hydrogens (tertiary/aromatic N) is 1. The maximum absolute atomic E-state index is 12.7. The summed E-state index contributed by atoms with van der Waals surface area (Å²) in [5.41, 5.74) is 3.72. The van der Waals surface area contributed by atoms with Crippen molar-refractivity contribution >= 4 is 11.6 Å². The van der Waals surface area contributed by atoms with E-state index in [-0.39, 0.29) is 12.3 Å². The van der Waals surface area contributed by atoms with Gasteiger partial charge in [0.15, 0.2) is 0 Å². The van der Waals surface area contributed by atoms with Crippen molar-refractivity contribution in [3.8, 4) is 11.1 Å². The molecule has 1 heterocycles. The Morgan fingerprint density at radius 3 is 2.24 bits per heavy atom. The summed E-state index contributed by atoms with van der Waals surface area (Å²) in [5, 5.41) is 13.1. The van der Waals surface area contributed by atoms with Gasteiger partial charge >= 0.3 is 6.18 Å². The third kappa shape index (κ3) is 4.98. The standard InChI is InChI=1S/C26H23F3N2O2/c1-25(2,33)18-9-5-17(6-10-18)20-13-14-30-21-11-12-22(24(20)21)31-23(32)15-16-3-7-19(8-4-16)26(27,28)29/h3-10,12-14,33H,11,15H2,1-2H3,(H,31,32). The van der Waals surface area contributed by atoms with Crippen LogP contribution in [0.3, 0.4) is 0 Å². The lowest BCUT2D eigenvalue weighted by molar-refractivity contribution is -0.137. The van der Waals surface area contributed by atoms with Crippen LogP contribution >= 0.6 is 0 Å². The van der Waals surface area contributed by atoms with Crippen LogP contribution in [-0.4, -0.2) is 16.0 Å². The van der Waals surface area contributed by atoms with E-state index in [1.54, 1.807) is 20.0 Å². The number of hydrogen-bond donors (Lipinski definition) is 2. The first kappa shape index (κ1) is 22.7. The molecule has 0 atom stereocenters. The van der Waals surface area contributed by atoms with Gasteiger partial charge in [0.25, 0.3) is 0 Å². The number of amides is 1. The van der Waals surface area contributed by atoms with Crippen LogP contribution in [0.15, 0.2) is 66.9 Å². The summed E-state index contributed by atoms with van der Waals surface area (Å²) in [6.07, 6.45) is -0.273. The van der Waals surface area contributed by atoms with Crippen molar-refractivity contribution in [3.63, 3.8) is 0 Å². The highest BCUT2D eigenvalue weighted by molar-refractivity contribution is 5.93. The number of nitrogens with one attached hydrogen (secondary N) is 1. The molecule has 1 aromatic heterocycles. The highest BCUT2D eigenvalue weighted by Gasteiger charge is 2.30. The minimum atomic E-state index is -4.41. The number of benzene rings is 2. The number of aliphatic hydroxyl groups is 1. The van der Waals surface area contributed by atoms with Gasteiger partial charge in [-0.2, -0.15) is 13.2 Å². The molecular formula is C26H23F3N2O2. The number of aromatic nitrogens is 1. The van der Waals surface area contributed by atoms with Crippen LogP contribution < -0.4 is 5.32 Å². The van der Waals surface area contributed by atoms with Gasteiger partial charge in [0.2, 0.25) is 5.91 Å². The third-order valence-corrected chi connectivity index (χ3v) is 5.62. The zero-order chi connectivity index (χ0) is 23.8. The van der Waals surface area contributed by atoms with Gasteiger partial charge in [0.1, 0.15) is 0 Å². The van der Waals surface area contributed by atoms with E-state index in [0.717, 1.165) is 40.1 Å². The highest BCUT2D eigenvalue weighted by Crippen LogP contribution is 2.35. The molecule has 2 aromatic carbocycles. The van der Waals surface area contributed by atoms with Crippen molar-refractivity contribution in [2.24, 2.45) is 0 Å². The number of carbonyl (C=O) groups is 1. The molecule has 0 radical (unpaired) electrons. The van der Waals surface area contributed by atoms with Gasteiger partial charge in [-0.25, -0.2) is 0 Å². The molecule has 0 saturated heterocycles. The molecule has 33 heavy (non-hydrogen) atoms. The van der Waals surface area contributed by atoms with E-state index in [1.807, 2.05) is 36.4 Å². The van der Waals surface area contributed by atoms with Crippen LogP contribution in [0.1, 0.15) is 41.8 Å². The predicted molar refractivity (Wildman–Crippen MR) is 120 cm³/mol. The van der Waals surface area contributed by atoms with Gasteiger partial charge in [-0.15, -0.1) is 0 Å². The number of hydrogen-bond acceptors (Lipinski definition) is 3. The highest BCUT2D eigenvalue weighted by atomic mass is 19.4. The molecule has 0 bridgehead atoms.